The van der Waals surface area contributed by atoms with Gasteiger partial charge in [-0.1, -0.05) is 23.7 Å². The fourth-order valence-corrected chi connectivity index (χ4v) is 10.4. The molecule has 9 rings (SSSR count). The summed E-state index contributed by atoms with van der Waals surface area (Å²) in [7, 11) is 3.58. The van der Waals surface area contributed by atoms with Crippen molar-refractivity contribution >= 4 is 57.3 Å². The Morgan fingerprint density at radius 1 is 0.845 bits per heavy atom. The summed E-state index contributed by atoms with van der Waals surface area (Å²) in [4.78, 5) is 49.3. The van der Waals surface area contributed by atoms with Gasteiger partial charge in [0.1, 0.15) is 17.9 Å². The summed E-state index contributed by atoms with van der Waals surface area (Å²) in [5.74, 6) is 0.850. The van der Waals surface area contributed by atoms with Gasteiger partial charge in [-0.15, -0.1) is 0 Å². The molecule has 5 aliphatic heterocycles. The molecule has 6 heterocycles. The lowest BCUT2D eigenvalue weighted by atomic mass is 9.89. The van der Waals surface area contributed by atoms with Gasteiger partial charge in [0.05, 0.1) is 34.5 Å². The zero-order valence-electron chi connectivity index (χ0n) is 33.4. The summed E-state index contributed by atoms with van der Waals surface area (Å²) in [6.45, 7) is 9.32. The molecule has 1 N–H and O–H groups in total. The van der Waals surface area contributed by atoms with Crippen LogP contribution in [0.1, 0.15) is 71.5 Å². The SMILES string of the molecule is COc1cc(N2CCN(CC3CCN(c4ccc(C5CCN(c6ccc(Cl)c7c(C#N)cn(C)c67)CC5)cc4)CC3)CC2)cc2c1C(=O)N(C1CCC(=O)NC1=O)C2. The number of fused-ring (bicyclic) bond motifs is 2. The Labute approximate surface area is 344 Å². The molecular formula is C45H51ClN8O4. The second-order valence-corrected chi connectivity index (χ2v) is 17.1. The predicted molar refractivity (Wildman–Crippen MR) is 226 cm³/mol. The lowest BCUT2D eigenvalue weighted by molar-refractivity contribution is -0.136. The van der Waals surface area contributed by atoms with Gasteiger partial charge in [-0.05, 0) is 85.4 Å². The number of rotatable bonds is 8. The summed E-state index contributed by atoms with van der Waals surface area (Å²) < 4.78 is 7.75. The van der Waals surface area contributed by atoms with E-state index in [9.17, 15) is 19.6 Å². The molecule has 0 aliphatic carbocycles. The minimum absolute atomic E-state index is 0.213. The number of carbonyl (C=O) groups excluding carboxylic acids is 3. The highest BCUT2D eigenvalue weighted by Gasteiger charge is 2.41. The smallest absolute Gasteiger partial charge is 0.258 e. The van der Waals surface area contributed by atoms with Gasteiger partial charge in [0, 0.05) is 108 Å². The molecule has 12 nitrogen and oxygen atoms in total. The summed E-state index contributed by atoms with van der Waals surface area (Å²) in [5.41, 5.74) is 7.99. The number of benzene rings is 3. The lowest BCUT2D eigenvalue weighted by Crippen LogP contribution is -2.52. The van der Waals surface area contributed by atoms with Crippen molar-refractivity contribution < 1.29 is 19.1 Å². The first-order valence-corrected chi connectivity index (χ1v) is 21.2. The zero-order valence-corrected chi connectivity index (χ0v) is 34.1. The van der Waals surface area contributed by atoms with E-state index < -0.39 is 11.9 Å². The molecule has 3 aromatic carbocycles. The second kappa shape index (κ2) is 15.8. The van der Waals surface area contributed by atoms with Crippen molar-refractivity contribution in [1.29, 1.82) is 5.26 Å². The van der Waals surface area contributed by atoms with Crippen LogP contribution in [0.4, 0.5) is 17.1 Å². The van der Waals surface area contributed by atoms with Gasteiger partial charge in [-0.3, -0.25) is 24.6 Å². The van der Waals surface area contributed by atoms with E-state index in [1.165, 1.54) is 24.1 Å². The number of piperidine rings is 3. The van der Waals surface area contributed by atoms with Crippen molar-refractivity contribution in [3.63, 3.8) is 0 Å². The molecule has 13 heteroatoms. The molecule has 1 aromatic heterocycles. The quantitative estimate of drug-likeness (QED) is 0.218. The summed E-state index contributed by atoms with van der Waals surface area (Å²) in [6, 6.07) is 19.1. The third kappa shape index (κ3) is 7.13. The molecule has 0 spiro atoms. The molecule has 1 unspecified atom stereocenters. The number of halogens is 1. The predicted octanol–water partition coefficient (Wildman–Crippen LogP) is 5.90. The third-order valence-electron chi connectivity index (χ3n) is 13.4. The first-order valence-electron chi connectivity index (χ1n) is 20.8. The standard InChI is InChI=1S/C45H51ClN8O4/c1-49-27-33(25-47)41-36(46)7-8-37(43(41)49)53-17-13-31(14-18-53)30-3-5-34(6-4-30)51-15-11-29(12-16-51)26-50-19-21-52(22-20-50)35-23-32-28-54(38-9-10-40(55)48-44(38)56)45(57)42(32)39(24-35)58-2/h3-8,23-24,27,29,31,38H,9-22,26,28H2,1-2H3,(H,48,55,56). The van der Waals surface area contributed by atoms with Crippen LogP contribution in [0, 0.1) is 17.2 Å². The second-order valence-electron chi connectivity index (χ2n) is 16.7. The van der Waals surface area contributed by atoms with Crippen molar-refractivity contribution in [3.8, 4) is 11.8 Å². The van der Waals surface area contributed by atoms with Gasteiger partial charge in [-0.25, -0.2) is 0 Å². The monoisotopic (exact) mass is 802 g/mol. The summed E-state index contributed by atoms with van der Waals surface area (Å²) in [5, 5.41) is 13.5. The number of hydrogen-bond donors (Lipinski definition) is 1. The van der Waals surface area contributed by atoms with E-state index in [2.05, 4.69) is 67.4 Å². The highest BCUT2D eigenvalue weighted by molar-refractivity contribution is 6.36. The number of carbonyl (C=O) groups is 3. The summed E-state index contributed by atoms with van der Waals surface area (Å²) in [6.07, 6.45) is 7.01. The number of aromatic nitrogens is 1. The van der Waals surface area contributed by atoms with Gasteiger partial charge in [-0.2, -0.15) is 5.26 Å². The maximum Gasteiger partial charge on any atom is 0.258 e. The van der Waals surface area contributed by atoms with E-state index in [4.69, 9.17) is 16.3 Å². The van der Waals surface area contributed by atoms with E-state index in [-0.39, 0.29) is 18.2 Å². The molecule has 1 atom stereocenters. The van der Waals surface area contributed by atoms with Crippen molar-refractivity contribution in [2.75, 3.05) is 80.7 Å². The van der Waals surface area contributed by atoms with E-state index in [1.807, 2.05) is 29.9 Å². The molecule has 58 heavy (non-hydrogen) atoms. The largest absolute Gasteiger partial charge is 0.496 e. The van der Waals surface area contributed by atoms with Crippen molar-refractivity contribution in [3.05, 3.63) is 82.0 Å². The van der Waals surface area contributed by atoms with Crippen LogP contribution >= 0.6 is 11.6 Å². The zero-order chi connectivity index (χ0) is 40.1. The molecule has 3 amide bonds. The first kappa shape index (κ1) is 38.3. The maximum absolute atomic E-state index is 13.4. The Kier molecular flexibility index (Phi) is 10.4. The molecule has 0 radical (unpaired) electrons. The number of methoxy groups -OCH3 is 1. The average Bonchev–Trinajstić information content (AvgIpc) is 3.77. The summed E-state index contributed by atoms with van der Waals surface area (Å²) >= 11 is 6.54. The fraction of sp³-hybridized carbons (Fsp3) is 0.467. The van der Waals surface area contributed by atoms with E-state index in [0.29, 0.717) is 46.7 Å². The fourth-order valence-electron chi connectivity index (χ4n) is 10.2. The minimum Gasteiger partial charge on any atom is -0.496 e. The Morgan fingerprint density at radius 3 is 2.24 bits per heavy atom. The molecule has 4 aromatic rings. The Bertz CT molecular complexity index is 2280. The highest BCUT2D eigenvalue weighted by Crippen LogP contribution is 2.40. The van der Waals surface area contributed by atoms with E-state index in [1.54, 1.807) is 12.0 Å². The molecule has 4 saturated heterocycles. The normalized spacial score (nSPS) is 21.1. The number of piperazine rings is 1. The van der Waals surface area contributed by atoms with Crippen LogP contribution in [0.5, 0.6) is 5.75 Å². The Hall–Kier alpha value is -5.25. The van der Waals surface area contributed by atoms with Gasteiger partial charge in [0.25, 0.3) is 5.91 Å². The molecule has 302 valence electrons. The van der Waals surface area contributed by atoms with Crippen molar-refractivity contribution in [1.82, 2.24) is 19.7 Å². The lowest BCUT2D eigenvalue weighted by Gasteiger charge is -2.40. The van der Waals surface area contributed by atoms with E-state index >= 15 is 0 Å². The van der Waals surface area contributed by atoms with Crippen LogP contribution < -0.4 is 24.8 Å². The topological polar surface area (TPSA) is 117 Å². The number of ether oxygens (including phenoxy) is 1. The maximum atomic E-state index is 13.4. The van der Waals surface area contributed by atoms with Crippen LogP contribution in [-0.4, -0.2) is 104 Å². The third-order valence-corrected chi connectivity index (χ3v) is 13.7. The molecule has 4 fully saturated rings. The molecular weight excluding hydrogens is 752 g/mol. The number of hydrogen-bond acceptors (Lipinski definition) is 9. The first-order chi connectivity index (χ1) is 28.2. The van der Waals surface area contributed by atoms with Crippen molar-refractivity contribution in [2.24, 2.45) is 13.0 Å². The number of anilines is 3. The number of aryl methyl sites for hydroxylation is 1. The van der Waals surface area contributed by atoms with Crippen LogP contribution in [0.2, 0.25) is 5.02 Å². The number of nitriles is 1. The van der Waals surface area contributed by atoms with Gasteiger partial charge in [0.15, 0.2) is 0 Å². The average molecular weight is 803 g/mol. The van der Waals surface area contributed by atoms with Crippen LogP contribution in [0.25, 0.3) is 10.9 Å². The van der Waals surface area contributed by atoms with E-state index in [0.717, 1.165) is 99.6 Å². The number of imide groups is 1. The number of amides is 3. The molecule has 5 aliphatic rings. The van der Waals surface area contributed by atoms with Crippen LogP contribution in [0.15, 0.2) is 54.7 Å². The van der Waals surface area contributed by atoms with Crippen LogP contribution in [-0.2, 0) is 23.2 Å². The minimum atomic E-state index is -0.646. The Morgan fingerprint density at radius 2 is 1.55 bits per heavy atom. The number of nitrogens with one attached hydrogen (secondary N) is 1. The number of nitrogens with zero attached hydrogens (tertiary/aromatic N) is 7. The van der Waals surface area contributed by atoms with Gasteiger partial charge in [0.2, 0.25) is 11.8 Å². The van der Waals surface area contributed by atoms with Gasteiger partial charge >= 0.3 is 0 Å². The van der Waals surface area contributed by atoms with Crippen LogP contribution in [0.3, 0.4) is 0 Å². The Balaban J connectivity index is 0.743. The molecule has 0 bridgehead atoms. The van der Waals surface area contributed by atoms with Crippen molar-refractivity contribution in [2.45, 2.75) is 57.0 Å². The molecule has 0 saturated carbocycles. The highest BCUT2D eigenvalue weighted by atomic mass is 35.5. The van der Waals surface area contributed by atoms with Gasteiger partial charge < -0.3 is 28.9 Å².